The number of nitrogens with one attached hydrogen (secondary N) is 1. The zero-order chi connectivity index (χ0) is 24.1. The fourth-order valence-electron chi connectivity index (χ4n) is 2.45. The van der Waals surface area contributed by atoms with Crippen LogP contribution in [0.1, 0.15) is 31.8 Å². The molecule has 1 atom stereocenters. The van der Waals surface area contributed by atoms with E-state index in [0.29, 0.717) is 12.1 Å². The molecule has 0 bridgehead atoms. The predicted molar refractivity (Wildman–Crippen MR) is 96.4 cm³/mol. The highest BCUT2D eigenvalue weighted by atomic mass is 19.4. The molecule has 0 saturated carbocycles. The number of alkyl halides is 6. The van der Waals surface area contributed by atoms with Crippen LogP contribution in [0, 0.1) is 0 Å². The molecule has 32 heavy (non-hydrogen) atoms. The number of benzene rings is 2. The van der Waals surface area contributed by atoms with Crippen LogP contribution in [-0.4, -0.2) is 37.6 Å². The van der Waals surface area contributed by atoms with Crippen LogP contribution in [-0.2, 0) is 26.6 Å². The highest BCUT2D eigenvalue weighted by molar-refractivity contribution is 5.97. The van der Waals surface area contributed by atoms with E-state index >= 15 is 0 Å². The molecule has 172 valence electrons. The Labute approximate surface area is 177 Å². The van der Waals surface area contributed by atoms with Crippen LogP contribution in [0.5, 0.6) is 0 Å². The highest BCUT2D eigenvalue weighted by Crippen LogP contribution is 2.30. The molecule has 0 heterocycles. The minimum Gasteiger partial charge on any atom is -0.467 e. The van der Waals surface area contributed by atoms with Gasteiger partial charge < -0.3 is 14.8 Å². The van der Waals surface area contributed by atoms with Crippen molar-refractivity contribution in [1.29, 1.82) is 0 Å². The summed E-state index contributed by atoms with van der Waals surface area (Å²) in [5.74, 6) is -3.41. The molecule has 0 aliphatic heterocycles. The quantitative estimate of drug-likeness (QED) is 0.520. The number of hydrogen-bond donors (Lipinski definition) is 1. The van der Waals surface area contributed by atoms with Gasteiger partial charge in [-0.3, -0.25) is 4.79 Å². The highest BCUT2D eigenvalue weighted by Gasteiger charge is 2.32. The van der Waals surface area contributed by atoms with Gasteiger partial charge in [-0.2, -0.15) is 26.3 Å². The maximum atomic E-state index is 12.8. The van der Waals surface area contributed by atoms with Crippen LogP contribution in [0.3, 0.4) is 0 Å². The van der Waals surface area contributed by atoms with Crippen molar-refractivity contribution in [3.8, 4) is 0 Å². The first-order valence-electron chi connectivity index (χ1n) is 8.73. The third kappa shape index (κ3) is 6.46. The van der Waals surface area contributed by atoms with Gasteiger partial charge in [0, 0.05) is 5.56 Å². The Balaban J connectivity index is 2.12. The Morgan fingerprint density at radius 3 is 1.88 bits per heavy atom. The molecule has 0 aliphatic rings. The first-order chi connectivity index (χ1) is 14.8. The van der Waals surface area contributed by atoms with E-state index < -0.39 is 65.1 Å². The van der Waals surface area contributed by atoms with Gasteiger partial charge in [-0.05, 0) is 36.4 Å². The summed E-state index contributed by atoms with van der Waals surface area (Å²) in [6, 6.07) is 5.02. The van der Waals surface area contributed by atoms with Crippen LogP contribution in [0.2, 0.25) is 0 Å². The van der Waals surface area contributed by atoms with Crippen molar-refractivity contribution < 1.29 is 50.2 Å². The van der Waals surface area contributed by atoms with Gasteiger partial charge in [0.1, 0.15) is 6.61 Å². The molecule has 2 rings (SSSR count). The average molecular weight is 463 g/mol. The Morgan fingerprint density at radius 2 is 1.38 bits per heavy atom. The summed E-state index contributed by atoms with van der Waals surface area (Å²) in [6.07, 6.45) is -9.41. The molecule has 1 N–H and O–H groups in total. The van der Waals surface area contributed by atoms with E-state index in [1.54, 1.807) is 0 Å². The molecule has 2 aromatic carbocycles. The first kappa shape index (κ1) is 24.7. The van der Waals surface area contributed by atoms with E-state index in [1.165, 1.54) is 0 Å². The first-order valence-corrected chi connectivity index (χ1v) is 8.73. The Hall–Kier alpha value is -3.57. The van der Waals surface area contributed by atoms with Crippen LogP contribution < -0.4 is 5.32 Å². The lowest BCUT2D eigenvalue weighted by atomic mass is 10.1. The van der Waals surface area contributed by atoms with Gasteiger partial charge in [0.2, 0.25) is 0 Å². The smallest absolute Gasteiger partial charge is 0.416 e. The summed E-state index contributed by atoms with van der Waals surface area (Å²) in [7, 11) is 0.945. The lowest BCUT2D eigenvalue weighted by molar-refractivity contribution is -0.144. The lowest BCUT2D eigenvalue weighted by Gasteiger charge is -2.17. The molecule has 6 nitrogen and oxygen atoms in total. The third-order valence-corrected chi connectivity index (χ3v) is 4.05. The minimum absolute atomic E-state index is 0.432. The summed E-state index contributed by atoms with van der Waals surface area (Å²) in [6.45, 7) is -0.841. The molecular formula is C20H15F6NO5. The van der Waals surface area contributed by atoms with Crippen LogP contribution in [0.15, 0.2) is 48.5 Å². The number of carbonyl (C=O) groups is 3. The number of hydrogen-bond acceptors (Lipinski definition) is 5. The zero-order valence-electron chi connectivity index (χ0n) is 16.2. The fourth-order valence-corrected chi connectivity index (χ4v) is 2.45. The van der Waals surface area contributed by atoms with Crippen molar-refractivity contribution in [2.75, 3.05) is 13.7 Å². The van der Waals surface area contributed by atoms with Crippen molar-refractivity contribution in [2.45, 2.75) is 18.4 Å². The third-order valence-electron chi connectivity index (χ3n) is 4.05. The molecule has 0 aliphatic carbocycles. The average Bonchev–Trinajstić information content (AvgIpc) is 2.74. The van der Waals surface area contributed by atoms with Crippen LogP contribution in [0.4, 0.5) is 26.3 Å². The van der Waals surface area contributed by atoms with Crippen molar-refractivity contribution in [3.63, 3.8) is 0 Å². The molecule has 0 aromatic heterocycles. The number of carbonyl (C=O) groups excluding carboxylic acids is 3. The zero-order valence-corrected chi connectivity index (χ0v) is 16.2. The summed E-state index contributed by atoms with van der Waals surface area (Å²) in [5.41, 5.74) is -3.10. The molecule has 0 fully saturated rings. The van der Waals surface area contributed by atoms with Crippen LogP contribution in [0.25, 0.3) is 0 Å². The SMILES string of the molecule is COC(=O)[C@H](COC(=O)c1cccc(C(F)(F)F)c1)NC(=O)c1cccc(C(F)(F)F)c1. The predicted octanol–water partition coefficient (Wildman–Crippen LogP) is 3.85. The monoisotopic (exact) mass is 463 g/mol. The molecule has 0 radical (unpaired) electrons. The molecule has 12 heteroatoms. The Kier molecular flexibility index (Phi) is 7.49. The summed E-state index contributed by atoms with van der Waals surface area (Å²) < 4.78 is 86.0. The number of rotatable bonds is 6. The van der Waals surface area contributed by atoms with Gasteiger partial charge in [-0.1, -0.05) is 12.1 Å². The summed E-state index contributed by atoms with van der Waals surface area (Å²) in [5, 5.41) is 2.07. The van der Waals surface area contributed by atoms with Gasteiger partial charge in [-0.15, -0.1) is 0 Å². The van der Waals surface area contributed by atoms with E-state index in [0.717, 1.165) is 43.5 Å². The molecular weight excluding hydrogens is 448 g/mol. The Bertz CT molecular complexity index is 1000. The van der Waals surface area contributed by atoms with Gasteiger partial charge >= 0.3 is 24.3 Å². The van der Waals surface area contributed by atoms with Crippen molar-refractivity contribution in [2.24, 2.45) is 0 Å². The lowest BCUT2D eigenvalue weighted by Crippen LogP contribution is -2.45. The fraction of sp³-hybridized carbons (Fsp3) is 0.250. The summed E-state index contributed by atoms with van der Waals surface area (Å²) in [4.78, 5) is 36.2. The maximum Gasteiger partial charge on any atom is 0.416 e. The van der Waals surface area contributed by atoms with E-state index in [2.05, 4.69) is 10.1 Å². The number of esters is 2. The number of halogens is 6. The number of methoxy groups -OCH3 is 1. The number of ether oxygens (including phenoxy) is 2. The van der Waals surface area contributed by atoms with E-state index in [-0.39, 0.29) is 0 Å². The van der Waals surface area contributed by atoms with Crippen molar-refractivity contribution in [3.05, 3.63) is 70.8 Å². The van der Waals surface area contributed by atoms with E-state index in [9.17, 15) is 40.7 Å². The maximum absolute atomic E-state index is 12.8. The second-order valence-corrected chi connectivity index (χ2v) is 6.30. The van der Waals surface area contributed by atoms with Gasteiger partial charge in [-0.25, -0.2) is 9.59 Å². The molecule has 0 spiro atoms. The van der Waals surface area contributed by atoms with E-state index in [4.69, 9.17) is 4.74 Å². The molecule has 1 amide bonds. The van der Waals surface area contributed by atoms with Crippen LogP contribution >= 0.6 is 0 Å². The minimum atomic E-state index is -4.71. The standard InChI is InChI=1S/C20H15F6NO5/c1-31-18(30)15(27-16(28)11-4-2-6-13(8-11)19(21,22)23)10-32-17(29)12-5-3-7-14(9-12)20(24,25)26/h2-9,15H,10H2,1H3,(H,27,28)/t15-/m0/s1. The van der Waals surface area contributed by atoms with Gasteiger partial charge in [0.15, 0.2) is 6.04 Å². The van der Waals surface area contributed by atoms with Gasteiger partial charge in [0.05, 0.1) is 23.8 Å². The summed E-state index contributed by atoms with van der Waals surface area (Å²) >= 11 is 0. The second kappa shape index (κ2) is 9.71. The topological polar surface area (TPSA) is 81.7 Å². The largest absolute Gasteiger partial charge is 0.467 e. The van der Waals surface area contributed by atoms with E-state index in [1.807, 2.05) is 0 Å². The second-order valence-electron chi connectivity index (χ2n) is 6.30. The van der Waals surface area contributed by atoms with Gasteiger partial charge in [0.25, 0.3) is 5.91 Å². The number of amides is 1. The molecule has 2 aromatic rings. The molecule has 0 saturated heterocycles. The normalized spacial score (nSPS) is 12.6. The molecule has 0 unspecified atom stereocenters. The van der Waals surface area contributed by atoms with Crippen molar-refractivity contribution in [1.82, 2.24) is 5.32 Å². The Morgan fingerprint density at radius 1 is 0.875 bits per heavy atom. The van der Waals surface area contributed by atoms with Crippen molar-refractivity contribution >= 4 is 17.8 Å².